The van der Waals surface area contributed by atoms with E-state index in [-0.39, 0.29) is 24.1 Å². The van der Waals surface area contributed by atoms with Crippen LogP contribution in [0.5, 0.6) is 0 Å². The van der Waals surface area contributed by atoms with E-state index in [0.717, 1.165) is 25.7 Å². The van der Waals surface area contributed by atoms with Gasteiger partial charge >= 0.3 is 0 Å². The first kappa shape index (κ1) is 23.0. The van der Waals surface area contributed by atoms with Gasteiger partial charge in [-0.3, -0.25) is 4.79 Å². The average Bonchev–Trinajstić information content (AvgIpc) is 3.29. The lowest BCUT2D eigenvalue weighted by atomic mass is 10.0. The highest BCUT2D eigenvalue weighted by Gasteiger charge is 2.25. The van der Waals surface area contributed by atoms with Gasteiger partial charge in [0.1, 0.15) is 18.2 Å². The third-order valence-corrected chi connectivity index (χ3v) is 6.38. The van der Waals surface area contributed by atoms with Crippen LogP contribution in [0, 0.1) is 11.6 Å². The molecule has 1 saturated heterocycles. The third-order valence-electron chi connectivity index (χ3n) is 6.38. The van der Waals surface area contributed by atoms with Crippen LogP contribution in [-0.2, 0) is 11.3 Å². The normalized spacial score (nSPS) is 16.3. The van der Waals surface area contributed by atoms with E-state index in [9.17, 15) is 13.6 Å². The molecule has 1 aromatic heterocycles. The Bertz CT molecular complexity index is 1240. The molecule has 0 spiro atoms. The summed E-state index contributed by atoms with van der Waals surface area (Å²) in [5, 5.41) is 8.13. The molecule has 0 atom stereocenters. The molecule has 1 aliphatic heterocycles. The Kier molecular flexibility index (Phi) is 6.70. The fourth-order valence-electron chi connectivity index (χ4n) is 4.44. The van der Waals surface area contributed by atoms with Gasteiger partial charge in [-0.05, 0) is 80.3 Å². The molecule has 35 heavy (non-hydrogen) atoms. The molecular formula is C27H27F2N5O. The monoisotopic (exact) mass is 475 g/mol. The van der Waals surface area contributed by atoms with Crippen LogP contribution >= 0.6 is 0 Å². The number of allylic oxidation sites excluding steroid dienone is 3. The number of hydrogen-bond donors (Lipinski definition) is 1. The van der Waals surface area contributed by atoms with Gasteiger partial charge in [0, 0.05) is 36.0 Å². The van der Waals surface area contributed by atoms with Crippen LogP contribution in [0.3, 0.4) is 0 Å². The predicted octanol–water partition coefficient (Wildman–Crippen LogP) is 4.70. The second-order valence-electron chi connectivity index (χ2n) is 8.87. The second kappa shape index (κ2) is 10.2. The van der Waals surface area contributed by atoms with Crippen molar-refractivity contribution in [3.8, 4) is 22.8 Å². The quantitative estimate of drug-likeness (QED) is 0.561. The van der Waals surface area contributed by atoms with E-state index in [4.69, 9.17) is 0 Å². The molecule has 2 aliphatic rings. The summed E-state index contributed by atoms with van der Waals surface area (Å²) in [5.41, 5.74) is 2.46. The van der Waals surface area contributed by atoms with Crippen LogP contribution in [0.15, 0.2) is 72.5 Å². The number of rotatable bonds is 6. The van der Waals surface area contributed by atoms with Gasteiger partial charge in [-0.15, -0.1) is 5.10 Å². The number of nitrogens with zero attached hydrogens (tertiary/aromatic N) is 4. The molecule has 3 aromatic rings. The lowest BCUT2D eigenvalue weighted by Gasteiger charge is -2.33. The van der Waals surface area contributed by atoms with Crippen molar-refractivity contribution in [3.63, 3.8) is 0 Å². The number of halogens is 2. The molecule has 1 fully saturated rings. The standard InChI is InChI=1S/C27H27F2N5O/c28-21-10-6-19(7-11-21)26-31-27(20-8-12-22(29)13-9-20)34(32-26)18-25(35)33-16-14-24(15-17-33)30-23-4-2-1-3-5-23/h2,4-13,24,30H,1,3,14-18H2. The average molecular weight is 476 g/mol. The summed E-state index contributed by atoms with van der Waals surface area (Å²) in [5.74, 6) is 0.0969. The molecule has 180 valence electrons. The molecule has 0 radical (unpaired) electrons. The van der Waals surface area contributed by atoms with Crippen molar-refractivity contribution in [2.45, 2.75) is 38.3 Å². The van der Waals surface area contributed by atoms with Crippen LogP contribution in [0.1, 0.15) is 25.7 Å². The number of piperidine rings is 1. The highest BCUT2D eigenvalue weighted by atomic mass is 19.1. The Labute approximate surface area is 203 Å². The summed E-state index contributed by atoms with van der Waals surface area (Å²) in [7, 11) is 0. The van der Waals surface area contributed by atoms with Gasteiger partial charge in [0.05, 0.1) is 0 Å². The van der Waals surface area contributed by atoms with E-state index < -0.39 is 0 Å². The van der Waals surface area contributed by atoms with Crippen molar-refractivity contribution in [3.05, 3.63) is 84.1 Å². The zero-order chi connectivity index (χ0) is 24.2. The zero-order valence-electron chi connectivity index (χ0n) is 19.3. The van der Waals surface area contributed by atoms with Crippen LogP contribution in [0.25, 0.3) is 22.8 Å². The maximum Gasteiger partial charge on any atom is 0.244 e. The topological polar surface area (TPSA) is 63.1 Å². The van der Waals surface area contributed by atoms with Gasteiger partial charge in [-0.25, -0.2) is 18.4 Å². The molecule has 0 bridgehead atoms. The number of nitrogens with one attached hydrogen (secondary N) is 1. The maximum absolute atomic E-state index is 13.5. The minimum Gasteiger partial charge on any atom is -0.382 e. The van der Waals surface area contributed by atoms with Crippen LogP contribution in [0.2, 0.25) is 0 Å². The largest absolute Gasteiger partial charge is 0.382 e. The van der Waals surface area contributed by atoms with Crippen molar-refractivity contribution in [1.29, 1.82) is 0 Å². The number of benzene rings is 2. The van der Waals surface area contributed by atoms with E-state index in [1.54, 1.807) is 28.9 Å². The van der Waals surface area contributed by atoms with Gasteiger partial charge in [0.2, 0.25) is 5.91 Å². The second-order valence-corrected chi connectivity index (χ2v) is 8.87. The SMILES string of the molecule is O=C(Cn1nc(-c2ccc(F)cc2)nc1-c1ccc(F)cc1)N1CCC(NC2=CCCC=C2)CC1. The number of likely N-dealkylation sites (tertiary alicyclic amines) is 1. The molecule has 0 unspecified atom stereocenters. The molecule has 8 heteroatoms. The summed E-state index contributed by atoms with van der Waals surface area (Å²) in [6, 6.07) is 12.1. The Hall–Kier alpha value is -3.81. The zero-order valence-corrected chi connectivity index (χ0v) is 19.3. The van der Waals surface area contributed by atoms with Crippen LogP contribution < -0.4 is 5.32 Å². The van der Waals surface area contributed by atoms with Crippen molar-refractivity contribution in [1.82, 2.24) is 25.0 Å². The lowest BCUT2D eigenvalue weighted by molar-refractivity contribution is -0.133. The highest BCUT2D eigenvalue weighted by Crippen LogP contribution is 2.24. The van der Waals surface area contributed by atoms with Gasteiger partial charge in [-0.2, -0.15) is 0 Å². The number of carbonyl (C=O) groups is 1. The fraction of sp³-hybridized carbons (Fsp3) is 0.296. The van der Waals surface area contributed by atoms with Gasteiger partial charge in [-0.1, -0.05) is 12.2 Å². The van der Waals surface area contributed by atoms with E-state index in [1.165, 1.54) is 30.0 Å². The first-order valence-electron chi connectivity index (χ1n) is 11.9. The summed E-state index contributed by atoms with van der Waals surface area (Å²) >= 11 is 0. The lowest BCUT2D eigenvalue weighted by Crippen LogP contribution is -2.45. The van der Waals surface area contributed by atoms with Crippen molar-refractivity contribution < 1.29 is 13.6 Å². The van der Waals surface area contributed by atoms with Gasteiger partial charge < -0.3 is 10.2 Å². The van der Waals surface area contributed by atoms with Crippen molar-refractivity contribution in [2.75, 3.05) is 13.1 Å². The minimum atomic E-state index is -0.356. The number of aromatic nitrogens is 3. The van der Waals surface area contributed by atoms with E-state index >= 15 is 0 Å². The minimum absolute atomic E-state index is 0.0207. The number of amides is 1. The molecule has 2 aromatic carbocycles. The summed E-state index contributed by atoms with van der Waals surface area (Å²) in [4.78, 5) is 19.6. The Morgan fingerprint density at radius 3 is 2.23 bits per heavy atom. The first-order chi connectivity index (χ1) is 17.0. The molecule has 0 saturated carbocycles. The smallest absolute Gasteiger partial charge is 0.244 e. The maximum atomic E-state index is 13.5. The number of hydrogen-bond acceptors (Lipinski definition) is 4. The highest BCUT2D eigenvalue weighted by molar-refractivity contribution is 5.77. The van der Waals surface area contributed by atoms with Crippen molar-refractivity contribution in [2.24, 2.45) is 0 Å². The van der Waals surface area contributed by atoms with E-state index in [0.29, 0.717) is 41.9 Å². The van der Waals surface area contributed by atoms with Gasteiger partial charge in [0.15, 0.2) is 11.6 Å². The van der Waals surface area contributed by atoms with Crippen LogP contribution in [0.4, 0.5) is 8.78 Å². The Morgan fingerprint density at radius 1 is 0.943 bits per heavy atom. The Balaban J connectivity index is 1.30. The molecular weight excluding hydrogens is 448 g/mol. The van der Waals surface area contributed by atoms with E-state index in [2.05, 4.69) is 33.6 Å². The van der Waals surface area contributed by atoms with Gasteiger partial charge in [0.25, 0.3) is 0 Å². The Morgan fingerprint density at radius 2 is 1.60 bits per heavy atom. The summed E-state index contributed by atoms with van der Waals surface area (Å²) in [6.07, 6.45) is 10.4. The molecule has 1 amide bonds. The van der Waals surface area contributed by atoms with Crippen molar-refractivity contribution >= 4 is 5.91 Å². The molecule has 2 heterocycles. The summed E-state index contributed by atoms with van der Waals surface area (Å²) < 4.78 is 28.4. The molecule has 1 N–H and O–H groups in total. The van der Waals surface area contributed by atoms with E-state index in [1.807, 2.05) is 4.90 Å². The predicted molar refractivity (Wildman–Crippen MR) is 130 cm³/mol. The first-order valence-corrected chi connectivity index (χ1v) is 11.9. The number of carbonyl (C=O) groups excluding carboxylic acids is 1. The third kappa shape index (κ3) is 5.48. The fourth-order valence-corrected chi connectivity index (χ4v) is 4.44. The molecule has 5 rings (SSSR count). The summed E-state index contributed by atoms with van der Waals surface area (Å²) in [6.45, 7) is 1.35. The molecule has 1 aliphatic carbocycles. The van der Waals surface area contributed by atoms with Crippen LogP contribution in [-0.4, -0.2) is 44.7 Å². The molecule has 6 nitrogen and oxygen atoms in total.